The Morgan fingerprint density at radius 3 is 2.53 bits per heavy atom. The molecule has 2 atom stereocenters. The van der Waals surface area contributed by atoms with Crippen molar-refractivity contribution < 1.29 is 28.5 Å². The Hall–Kier alpha value is -1.44. The second-order valence-electron chi connectivity index (χ2n) is 3.62. The van der Waals surface area contributed by atoms with Crippen LogP contribution in [0.4, 0.5) is 8.78 Å². The van der Waals surface area contributed by atoms with Gasteiger partial charge >= 0.3 is 6.29 Å². The van der Waals surface area contributed by atoms with Crippen LogP contribution in [0.3, 0.4) is 0 Å². The van der Waals surface area contributed by atoms with E-state index in [0.29, 0.717) is 0 Å². The van der Waals surface area contributed by atoms with Crippen LogP contribution in [0, 0.1) is 0 Å². The van der Waals surface area contributed by atoms with Crippen LogP contribution in [0.2, 0.25) is 0 Å². The van der Waals surface area contributed by atoms with Crippen LogP contribution in [-0.2, 0) is 0 Å². The van der Waals surface area contributed by atoms with Gasteiger partial charge in [-0.1, -0.05) is 6.07 Å². The van der Waals surface area contributed by atoms with Gasteiger partial charge in [-0.2, -0.15) is 0 Å². The zero-order valence-corrected chi connectivity index (χ0v) is 8.64. The molecular weight excluding hydrogens is 236 g/mol. The van der Waals surface area contributed by atoms with Crippen molar-refractivity contribution in [2.45, 2.75) is 18.5 Å². The third-order valence-corrected chi connectivity index (χ3v) is 2.37. The quantitative estimate of drug-likeness (QED) is 0.718. The summed E-state index contributed by atoms with van der Waals surface area (Å²) in [6, 6.07) is 3.77. The van der Waals surface area contributed by atoms with Crippen molar-refractivity contribution in [1.29, 1.82) is 0 Å². The zero-order chi connectivity index (χ0) is 12.6. The number of benzene rings is 1. The molecule has 5 nitrogen and oxygen atoms in total. The van der Waals surface area contributed by atoms with E-state index in [2.05, 4.69) is 9.47 Å². The number of ether oxygens (including phenoxy) is 2. The van der Waals surface area contributed by atoms with Crippen LogP contribution in [0.5, 0.6) is 11.5 Å². The predicted molar refractivity (Wildman–Crippen MR) is 52.7 cm³/mol. The van der Waals surface area contributed by atoms with Gasteiger partial charge in [-0.3, -0.25) is 0 Å². The molecule has 0 fully saturated rings. The fourth-order valence-electron chi connectivity index (χ4n) is 1.50. The molecule has 0 bridgehead atoms. The molecule has 4 N–H and O–H groups in total. The third-order valence-electron chi connectivity index (χ3n) is 2.37. The number of fused-ring (bicyclic) bond motifs is 1. The topological polar surface area (TPSA) is 84.9 Å². The second-order valence-corrected chi connectivity index (χ2v) is 3.62. The van der Waals surface area contributed by atoms with E-state index in [1.165, 1.54) is 18.2 Å². The fourth-order valence-corrected chi connectivity index (χ4v) is 1.50. The Morgan fingerprint density at radius 2 is 1.88 bits per heavy atom. The minimum absolute atomic E-state index is 0.117. The maximum absolute atomic E-state index is 12.7. The lowest BCUT2D eigenvalue weighted by Crippen LogP contribution is -2.27. The van der Waals surface area contributed by atoms with Crippen LogP contribution in [-0.4, -0.2) is 29.2 Å². The van der Waals surface area contributed by atoms with Crippen LogP contribution in [0.25, 0.3) is 0 Å². The maximum Gasteiger partial charge on any atom is 0.586 e. The van der Waals surface area contributed by atoms with E-state index in [1.807, 2.05) is 0 Å². The molecule has 7 heteroatoms. The van der Waals surface area contributed by atoms with Gasteiger partial charge in [0.05, 0.1) is 6.10 Å². The molecular formula is C10H11F2NO4. The molecule has 2 unspecified atom stereocenters. The first kappa shape index (κ1) is 12.0. The van der Waals surface area contributed by atoms with Crippen LogP contribution < -0.4 is 15.2 Å². The van der Waals surface area contributed by atoms with Gasteiger partial charge < -0.3 is 25.4 Å². The lowest BCUT2D eigenvalue weighted by Gasteiger charge is -2.16. The monoisotopic (exact) mass is 247 g/mol. The number of rotatable bonds is 3. The van der Waals surface area contributed by atoms with Crippen molar-refractivity contribution in [2.24, 2.45) is 5.73 Å². The highest BCUT2D eigenvalue weighted by molar-refractivity contribution is 5.45. The Labute approximate surface area is 95.4 Å². The third kappa shape index (κ3) is 2.31. The molecule has 1 aromatic rings. The summed E-state index contributed by atoms with van der Waals surface area (Å²) in [5.74, 6) is -0.302. The molecule has 1 aromatic carbocycles. The van der Waals surface area contributed by atoms with E-state index in [-0.39, 0.29) is 23.6 Å². The van der Waals surface area contributed by atoms with Crippen molar-refractivity contribution in [3.63, 3.8) is 0 Å². The van der Waals surface area contributed by atoms with E-state index in [0.717, 1.165) is 0 Å². The second kappa shape index (κ2) is 4.10. The molecule has 1 heterocycles. The van der Waals surface area contributed by atoms with Crippen molar-refractivity contribution in [1.82, 2.24) is 0 Å². The van der Waals surface area contributed by atoms with E-state index in [1.54, 1.807) is 0 Å². The molecule has 0 amide bonds. The zero-order valence-electron chi connectivity index (χ0n) is 8.64. The molecule has 17 heavy (non-hydrogen) atoms. The van der Waals surface area contributed by atoms with Gasteiger partial charge in [0.15, 0.2) is 11.5 Å². The lowest BCUT2D eigenvalue weighted by atomic mass is 10.0. The number of alkyl halides is 2. The van der Waals surface area contributed by atoms with E-state index in [9.17, 15) is 19.0 Å². The summed E-state index contributed by atoms with van der Waals surface area (Å²) in [5, 5.41) is 19.0. The largest absolute Gasteiger partial charge is 0.586 e. The number of hydrogen-bond acceptors (Lipinski definition) is 5. The summed E-state index contributed by atoms with van der Waals surface area (Å²) in [6.45, 7) is -0.147. The number of aliphatic hydroxyl groups excluding tert-OH is 2. The Bertz CT molecular complexity index is 427. The van der Waals surface area contributed by atoms with Crippen molar-refractivity contribution >= 4 is 0 Å². The summed E-state index contributed by atoms with van der Waals surface area (Å²) in [4.78, 5) is 0. The van der Waals surface area contributed by atoms with Gasteiger partial charge in [0, 0.05) is 6.54 Å². The number of aliphatic hydroxyl groups is 2. The van der Waals surface area contributed by atoms with Gasteiger partial charge in [-0.05, 0) is 17.7 Å². The summed E-state index contributed by atoms with van der Waals surface area (Å²) in [6.07, 6.45) is -6.13. The van der Waals surface area contributed by atoms with Gasteiger partial charge in [-0.25, -0.2) is 0 Å². The average Bonchev–Trinajstić information content (AvgIpc) is 2.59. The van der Waals surface area contributed by atoms with Crippen molar-refractivity contribution in [3.05, 3.63) is 23.8 Å². The predicted octanol–water partition coefficient (Wildman–Crippen LogP) is 0.361. The minimum atomic E-state index is -3.70. The first-order chi connectivity index (χ1) is 7.93. The summed E-state index contributed by atoms with van der Waals surface area (Å²) < 4.78 is 33.8. The number of hydrogen-bond donors (Lipinski definition) is 3. The normalized spacial score (nSPS) is 20.1. The molecule has 0 spiro atoms. The van der Waals surface area contributed by atoms with Gasteiger partial charge in [0.25, 0.3) is 0 Å². The van der Waals surface area contributed by atoms with Crippen LogP contribution in [0.1, 0.15) is 11.7 Å². The Balaban J connectivity index is 2.24. The Morgan fingerprint density at radius 1 is 1.24 bits per heavy atom. The van der Waals surface area contributed by atoms with Gasteiger partial charge in [-0.15, -0.1) is 8.78 Å². The maximum atomic E-state index is 12.7. The minimum Gasteiger partial charge on any atom is -0.395 e. The first-order valence-electron chi connectivity index (χ1n) is 4.89. The first-order valence-corrected chi connectivity index (χ1v) is 4.89. The highest BCUT2D eigenvalue weighted by Crippen LogP contribution is 2.42. The standard InChI is InChI=1S/C10H11F2NO4/c11-10(12)16-7-2-1-5(3-8(7)17-10)9(15)6(14)4-13/h1-3,6,9,14-15H,4,13H2. The molecule has 0 radical (unpaired) electrons. The van der Waals surface area contributed by atoms with E-state index in [4.69, 9.17) is 5.73 Å². The molecule has 0 aromatic heterocycles. The van der Waals surface area contributed by atoms with E-state index < -0.39 is 18.5 Å². The summed E-state index contributed by atoms with van der Waals surface area (Å²) in [5.41, 5.74) is 5.41. The smallest absolute Gasteiger partial charge is 0.395 e. The highest BCUT2D eigenvalue weighted by atomic mass is 19.3. The summed E-state index contributed by atoms with van der Waals surface area (Å²) in [7, 11) is 0. The van der Waals surface area contributed by atoms with E-state index >= 15 is 0 Å². The van der Waals surface area contributed by atoms with Crippen LogP contribution >= 0.6 is 0 Å². The summed E-state index contributed by atoms with van der Waals surface area (Å²) >= 11 is 0. The number of nitrogens with two attached hydrogens (primary N) is 1. The highest BCUT2D eigenvalue weighted by Gasteiger charge is 2.43. The SMILES string of the molecule is NCC(O)C(O)c1ccc2c(c1)OC(F)(F)O2. The molecule has 94 valence electrons. The van der Waals surface area contributed by atoms with Crippen molar-refractivity contribution in [2.75, 3.05) is 6.54 Å². The fraction of sp³-hybridized carbons (Fsp3) is 0.400. The molecule has 1 aliphatic rings. The lowest BCUT2D eigenvalue weighted by molar-refractivity contribution is -0.286. The molecule has 1 aliphatic heterocycles. The van der Waals surface area contributed by atoms with Gasteiger partial charge in [0.2, 0.25) is 0 Å². The molecule has 0 saturated heterocycles. The molecule has 0 aliphatic carbocycles. The molecule has 2 rings (SSSR count). The number of halogens is 2. The van der Waals surface area contributed by atoms with Crippen LogP contribution in [0.15, 0.2) is 18.2 Å². The van der Waals surface area contributed by atoms with Crippen molar-refractivity contribution in [3.8, 4) is 11.5 Å². The molecule has 0 saturated carbocycles. The Kier molecular flexibility index (Phi) is 2.90. The average molecular weight is 247 g/mol. The van der Waals surface area contributed by atoms with Gasteiger partial charge in [0.1, 0.15) is 6.10 Å².